The average Bonchev–Trinajstić information content (AvgIpc) is 2.13. The van der Waals surface area contributed by atoms with E-state index in [1.807, 2.05) is 18.2 Å². The maximum atomic E-state index is 9.28. The van der Waals surface area contributed by atoms with E-state index in [0.29, 0.717) is 5.02 Å². The van der Waals surface area contributed by atoms with Crippen LogP contribution in [0.4, 0.5) is 0 Å². The van der Waals surface area contributed by atoms with Gasteiger partial charge in [0.05, 0.1) is 5.02 Å². The highest BCUT2D eigenvalue weighted by Crippen LogP contribution is 2.27. The Morgan fingerprint density at radius 3 is 2.92 bits per heavy atom. The molecule has 0 spiro atoms. The summed E-state index contributed by atoms with van der Waals surface area (Å²) in [6.45, 7) is 0. The monoisotopic (exact) mass is 260 g/mol. The molecule has 0 saturated carbocycles. The summed E-state index contributed by atoms with van der Waals surface area (Å²) >= 11 is 9.18. The van der Waals surface area contributed by atoms with Crippen LogP contribution in [0.5, 0.6) is 5.75 Å². The third kappa shape index (κ3) is 3.05. The number of hydrogen-bond acceptors (Lipinski definition) is 1. The molecule has 0 amide bonds. The van der Waals surface area contributed by atoms with Crippen LogP contribution in [0.1, 0.15) is 12.0 Å². The third-order valence-corrected chi connectivity index (χ3v) is 2.45. The van der Waals surface area contributed by atoms with Crippen molar-refractivity contribution in [2.24, 2.45) is 0 Å². The van der Waals surface area contributed by atoms with Crippen molar-refractivity contribution in [1.29, 1.82) is 0 Å². The summed E-state index contributed by atoms with van der Waals surface area (Å²) in [5.41, 5.74) is 0.850. The van der Waals surface area contributed by atoms with Crippen molar-refractivity contribution in [2.45, 2.75) is 6.42 Å². The maximum absolute atomic E-state index is 9.28. The van der Waals surface area contributed by atoms with E-state index in [4.69, 9.17) is 11.6 Å². The molecule has 0 fully saturated rings. The number of benzene rings is 1. The molecule has 0 heterocycles. The first kappa shape index (κ1) is 10.6. The van der Waals surface area contributed by atoms with Gasteiger partial charge in [0.15, 0.2) is 0 Å². The highest BCUT2D eigenvalue weighted by atomic mass is 79.9. The molecule has 70 valence electrons. The van der Waals surface area contributed by atoms with Crippen LogP contribution in [0.15, 0.2) is 24.3 Å². The van der Waals surface area contributed by atoms with Crippen LogP contribution >= 0.6 is 27.5 Å². The van der Waals surface area contributed by atoms with E-state index in [1.54, 1.807) is 12.1 Å². The van der Waals surface area contributed by atoms with Crippen LogP contribution in [0.2, 0.25) is 5.02 Å². The topological polar surface area (TPSA) is 20.2 Å². The van der Waals surface area contributed by atoms with Crippen molar-refractivity contribution in [1.82, 2.24) is 0 Å². The maximum Gasteiger partial charge on any atom is 0.134 e. The lowest BCUT2D eigenvalue weighted by molar-refractivity contribution is 0.475. The fourth-order valence-corrected chi connectivity index (χ4v) is 1.39. The van der Waals surface area contributed by atoms with Gasteiger partial charge >= 0.3 is 0 Å². The van der Waals surface area contributed by atoms with E-state index < -0.39 is 0 Å². The molecule has 0 radical (unpaired) electrons. The van der Waals surface area contributed by atoms with Crippen LogP contribution in [0.25, 0.3) is 6.08 Å². The SMILES string of the molecule is Oc1cccc(C=CCCBr)c1Cl. The lowest BCUT2D eigenvalue weighted by Crippen LogP contribution is -1.75. The smallest absolute Gasteiger partial charge is 0.134 e. The summed E-state index contributed by atoms with van der Waals surface area (Å²) in [4.78, 5) is 0. The van der Waals surface area contributed by atoms with Crippen molar-refractivity contribution < 1.29 is 5.11 Å². The Kier molecular flexibility index (Phi) is 4.33. The summed E-state index contributed by atoms with van der Waals surface area (Å²) in [7, 11) is 0. The largest absolute Gasteiger partial charge is 0.506 e. The van der Waals surface area contributed by atoms with Gasteiger partial charge in [0.1, 0.15) is 5.75 Å². The van der Waals surface area contributed by atoms with Crippen molar-refractivity contribution in [3.05, 3.63) is 34.9 Å². The van der Waals surface area contributed by atoms with E-state index in [-0.39, 0.29) is 5.75 Å². The van der Waals surface area contributed by atoms with E-state index >= 15 is 0 Å². The molecule has 1 N–H and O–H groups in total. The zero-order valence-corrected chi connectivity index (χ0v) is 9.35. The van der Waals surface area contributed by atoms with E-state index in [9.17, 15) is 5.11 Å². The lowest BCUT2D eigenvalue weighted by atomic mass is 10.2. The second kappa shape index (κ2) is 5.30. The van der Waals surface area contributed by atoms with E-state index in [0.717, 1.165) is 17.3 Å². The summed E-state index contributed by atoms with van der Waals surface area (Å²) in [5.74, 6) is 0.127. The standard InChI is InChI=1S/C10H10BrClO/c11-7-2-1-4-8-5-3-6-9(13)10(8)12/h1,3-6,13H,2,7H2. The van der Waals surface area contributed by atoms with Gasteiger partial charge < -0.3 is 5.11 Å². The second-order valence-electron chi connectivity index (χ2n) is 2.56. The molecule has 1 aromatic rings. The predicted molar refractivity (Wildman–Crippen MR) is 60.6 cm³/mol. The van der Waals surface area contributed by atoms with Gasteiger partial charge in [0.2, 0.25) is 0 Å². The minimum absolute atomic E-state index is 0.127. The van der Waals surface area contributed by atoms with Crippen molar-refractivity contribution in [3.63, 3.8) is 0 Å². The van der Waals surface area contributed by atoms with Gasteiger partial charge in [-0.25, -0.2) is 0 Å². The molecular formula is C10H10BrClO. The molecule has 0 aliphatic heterocycles. The molecule has 0 bridgehead atoms. The fraction of sp³-hybridized carbons (Fsp3) is 0.200. The molecular weight excluding hydrogens is 251 g/mol. The first-order chi connectivity index (χ1) is 6.25. The van der Waals surface area contributed by atoms with E-state index in [2.05, 4.69) is 15.9 Å². The van der Waals surface area contributed by atoms with Crippen LogP contribution in [-0.4, -0.2) is 10.4 Å². The van der Waals surface area contributed by atoms with Gasteiger partial charge in [-0.05, 0) is 18.1 Å². The fourth-order valence-electron chi connectivity index (χ4n) is 0.939. The molecule has 0 atom stereocenters. The van der Waals surface area contributed by atoms with Crippen molar-refractivity contribution >= 4 is 33.6 Å². The molecule has 1 aromatic carbocycles. The summed E-state index contributed by atoms with van der Waals surface area (Å²) in [6.07, 6.45) is 4.87. The molecule has 1 rings (SSSR count). The molecule has 0 aliphatic carbocycles. The van der Waals surface area contributed by atoms with Crippen molar-refractivity contribution in [2.75, 3.05) is 5.33 Å². The lowest BCUT2D eigenvalue weighted by Gasteiger charge is -1.99. The molecule has 0 saturated heterocycles. The Morgan fingerprint density at radius 2 is 2.23 bits per heavy atom. The number of phenols is 1. The van der Waals surface area contributed by atoms with Crippen LogP contribution < -0.4 is 0 Å². The van der Waals surface area contributed by atoms with E-state index in [1.165, 1.54) is 0 Å². The third-order valence-electron chi connectivity index (χ3n) is 1.58. The Balaban J connectivity index is 2.83. The van der Waals surface area contributed by atoms with Crippen molar-refractivity contribution in [3.8, 4) is 5.75 Å². The minimum Gasteiger partial charge on any atom is -0.506 e. The number of aromatic hydroxyl groups is 1. The summed E-state index contributed by atoms with van der Waals surface area (Å²) in [5, 5.41) is 10.6. The Labute approximate surface area is 91.2 Å². The van der Waals surface area contributed by atoms with Gasteiger partial charge in [0, 0.05) is 5.33 Å². The molecule has 13 heavy (non-hydrogen) atoms. The first-order valence-electron chi connectivity index (χ1n) is 3.95. The summed E-state index contributed by atoms with van der Waals surface area (Å²) < 4.78 is 0. The van der Waals surface area contributed by atoms with Crippen LogP contribution in [-0.2, 0) is 0 Å². The number of alkyl halides is 1. The number of hydrogen-bond donors (Lipinski definition) is 1. The molecule has 0 aromatic heterocycles. The number of phenolic OH excluding ortho intramolecular Hbond substituents is 1. The number of allylic oxidation sites excluding steroid dienone is 1. The predicted octanol–water partition coefficient (Wildman–Crippen LogP) is 3.84. The highest BCUT2D eigenvalue weighted by Gasteiger charge is 2.00. The molecule has 0 unspecified atom stereocenters. The van der Waals surface area contributed by atoms with Gasteiger partial charge in [0.25, 0.3) is 0 Å². The molecule has 3 heteroatoms. The normalized spacial score (nSPS) is 10.9. The zero-order valence-electron chi connectivity index (χ0n) is 7.00. The molecule has 1 nitrogen and oxygen atoms in total. The van der Waals surface area contributed by atoms with Gasteiger partial charge in [-0.1, -0.05) is 51.8 Å². The van der Waals surface area contributed by atoms with Gasteiger partial charge in [-0.3, -0.25) is 0 Å². The number of rotatable bonds is 3. The van der Waals surface area contributed by atoms with Gasteiger partial charge in [-0.15, -0.1) is 0 Å². The minimum atomic E-state index is 0.127. The molecule has 0 aliphatic rings. The van der Waals surface area contributed by atoms with Crippen LogP contribution in [0, 0.1) is 0 Å². The Morgan fingerprint density at radius 1 is 1.46 bits per heavy atom. The van der Waals surface area contributed by atoms with Gasteiger partial charge in [-0.2, -0.15) is 0 Å². The second-order valence-corrected chi connectivity index (χ2v) is 3.73. The first-order valence-corrected chi connectivity index (χ1v) is 5.45. The average molecular weight is 262 g/mol. The highest BCUT2D eigenvalue weighted by molar-refractivity contribution is 9.09. The zero-order chi connectivity index (χ0) is 9.68. The summed E-state index contributed by atoms with van der Waals surface area (Å²) in [6, 6.07) is 5.21. The Hall–Kier alpha value is -0.470. The Bertz CT molecular complexity index is 310. The number of halogens is 2. The quantitative estimate of drug-likeness (QED) is 0.820. The van der Waals surface area contributed by atoms with Crippen LogP contribution in [0.3, 0.4) is 0 Å².